The van der Waals surface area contributed by atoms with Crippen molar-refractivity contribution in [3.8, 4) is 0 Å². The molecule has 4 amide bonds. The SMILES string of the molecule is C.C.C.C.CC(C)(CN)c1c[nH]c2ccccc12.CCOC(=O)C(=O)CBr.CCOC(=O)C1=CN(C(=O)N2CCN(C)CC2)CC(C)(C)c2c1[nH]c1ccccc21.CCOC(=O)C1=CN(C(=O)N2CC[N+](C)(C)CC2)CC(C)(C)c2c1[nH]c1ccccc21.CCOC(=O)C1=CNCC(C)(C)c2c1[nH]c1ccccc21.CN1CCNCC1.[I-]. The largest absolute Gasteiger partial charge is 1.00 e. The molecule has 644 valence electrons. The van der Waals surface area contributed by atoms with Crippen molar-refractivity contribution in [2.24, 2.45) is 5.73 Å². The smallest absolute Gasteiger partial charge is 0.375 e. The van der Waals surface area contributed by atoms with Gasteiger partial charge in [-0.25, -0.2) is 28.8 Å². The monoisotopic (exact) mass is 1790 g/mol. The lowest BCUT2D eigenvalue weighted by Crippen LogP contribution is -3.00. The maximum Gasteiger partial charge on any atom is 0.375 e. The van der Waals surface area contributed by atoms with Gasteiger partial charge in [0.25, 0.3) is 0 Å². The standard InChI is InChI=1S/C24H33N4O3.C23H30N4O3.C17H20N2O2.C12H16N2.C5H7BrO3.C5H12N2.4CH4.HI/c1-6-31-22(29)18-15-27(23(30)26-11-13-28(4,5)14-12-26)16-24(2,3)20-17-9-7-8-10-19(17)25-21(18)20;1-5-30-21(28)17-14-27(22(29)26-12-10-25(4)11-13-26)15-23(2,3)19-16-8-6-7-9-18(16)24-20(17)19;1-4-21-16(20)12-9-18-10-17(2,3)14-11-7-5-6-8-13(11)19-15(12)14;1-12(2,8-13)10-7-14-11-6-4-3-5-9(10)11;1-2-9-5(8)4(7)3-6;1-7-4-2-6-3-5-7;;;;;/h7-10,15,25H,6,11-14,16H2,1-5H3;6-9,14,24H,5,10-13,15H2,1-4H3;5-9,18-19H,4,10H2,1-3H3;3-7,14H,8,13H2,1-2H3;2-3H2,1H3;6H,2-5H2,1H3;4*1H4;1H/q+1;;;;;;;;;;/p-1. The fourth-order valence-electron chi connectivity index (χ4n) is 14.9. The van der Waals surface area contributed by atoms with Crippen LogP contribution in [-0.4, -0.2) is 260 Å². The van der Waals surface area contributed by atoms with Crippen LogP contribution in [0, 0.1) is 0 Å². The number of aromatic nitrogens is 4. The molecule has 0 aliphatic carbocycles. The van der Waals surface area contributed by atoms with Crippen molar-refractivity contribution in [2.75, 3.05) is 165 Å². The topological polar surface area (TPSA) is 289 Å². The van der Waals surface area contributed by atoms with Gasteiger partial charge in [0.1, 0.15) is 0 Å². The quantitative estimate of drug-likeness (QED) is 0.0158. The third-order valence-corrected chi connectivity index (χ3v) is 21.7. The predicted molar refractivity (Wildman–Crippen MR) is 476 cm³/mol. The molecule has 0 atom stereocenters. The Morgan fingerprint density at radius 1 is 0.504 bits per heavy atom. The van der Waals surface area contributed by atoms with E-state index in [1.54, 1.807) is 49.2 Å². The molecule has 0 unspecified atom stereocenters. The number of alkyl halides is 1. The number of para-hydroxylation sites is 4. The molecule has 6 aliphatic rings. The normalized spacial score (nSPS) is 16.9. The van der Waals surface area contributed by atoms with Gasteiger partial charge < -0.3 is 103 Å². The van der Waals surface area contributed by atoms with Crippen molar-refractivity contribution in [1.29, 1.82) is 0 Å². The van der Waals surface area contributed by atoms with Gasteiger partial charge in [-0.05, 0) is 88.3 Å². The molecule has 8 aromatic rings. The minimum atomic E-state index is -0.769. The van der Waals surface area contributed by atoms with Crippen molar-refractivity contribution in [3.63, 3.8) is 0 Å². The Morgan fingerprint density at radius 2 is 0.872 bits per heavy atom. The van der Waals surface area contributed by atoms with Crippen molar-refractivity contribution in [2.45, 2.75) is 134 Å². The first-order chi connectivity index (χ1) is 53.2. The second-order valence-corrected chi connectivity index (χ2v) is 32.8. The van der Waals surface area contributed by atoms with Crippen LogP contribution in [0.4, 0.5) is 9.59 Å². The number of carbonyl (C=O) groups excluding carboxylic acids is 7. The third kappa shape index (κ3) is 24.4. The number of ketones is 1. The first-order valence-corrected chi connectivity index (χ1v) is 40.1. The maximum absolute atomic E-state index is 13.5. The number of carbonyl (C=O) groups is 7. The van der Waals surface area contributed by atoms with Gasteiger partial charge in [-0.1, -0.05) is 174 Å². The molecule has 8 N–H and O–H groups in total. The highest BCUT2D eigenvalue weighted by atomic mass is 127. The Hall–Kier alpha value is -8.84. The van der Waals surface area contributed by atoms with Crippen LogP contribution in [0.5, 0.6) is 0 Å². The van der Waals surface area contributed by atoms with Crippen LogP contribution >= 0.6 is 15.9 Å². The molecule has 0 radical (unpaired) electrons. The molecule has 0 saturated carbocycles. The van der Waals surface area contributed by atoms with Gasteiger partial charge in [-0.2, -0.15) is 0 Å². The summed E-state index contributed by atoms with van der Waals surface area (Å²) < 4.78 is 21.2. The number of urea groups is 2. The van der Waals surface area contributed by atoms with Gasteiger partial charge in [0.05, 0.1) is 106 Å². The molecule has 4 aromatic carbocycles. The summed E-state index contributed by atoms with van der Waals surface area (Å²) in [7, 11) is 8.59. The van der Waals surface area contributed by atoms with Crippen molar-refractivity contribution in [3.05, 3.63) is 161 Å². The van der Waals surface area contributed by atoms with E-state index in [0.717, 1.165) is 111 Å². The van der Waals surface area contributed by atoms with Gasteiger partial charge in [-0.3, -0.25) is 14.6 Å². The van der Waals surface area contributed by atoms with Crippen LogP contribution in [-0.2, 0) is 64.6 Å². The lowest BCUT2D eigenvalue weighted by atomic mass is 9.82. The third-order valence-electron chi connectivity index (χ3n) is 21.2. The Balaban J connectivity index is 0.000000311. The fourth-order valence-corrected chi connectivity index (χ4v) is 15.2. The van der Waals surface area contributed by atoms with Crippen molar-refractivity contribution in [1.82, 2.24) is 60.0 Å². The lowest BCUT2D eigenvalue weighted by Gasteiger charge is -2.41. The molecule has 0 bridgehead atoms. The number of nitrogens with one attached hydrogen (secondary N) is 6. The average molecular weight is 1790 g/mol. The fraction of sp³-hybridized carbons (Fsp3) is 0.500. The Labute approximate surface area is 720 Å². The Morgan fingerprint density at radius 3 is 1.26 bits per heavy atom. The minimum Gasteiger partial charge on any atom is -1.00 e. The number of quaternary nitrogens is 1. The molecular formula is C90H134BrIN14O11. The second-order valence-electron chi connectivity index (χ2n) is 32.2. The summed E-state index contributed by atoms with van der Waals surface area (Å²) in [4.78, 5) is 111. The summed E-state index contributed by atoms with van der Waals surface area (Å²) in [6.45, 7) is 38.9. The number of fused-ring (bicyclic) bond motifs is 10. The van der Waals surface area contributed by atoms with Crippen LogP contribution in [0.3, 0.4) is 0 Å². The summed E-state index contributed by atoms with van der Waals surface area (Å²) in [5.41, 5.74) is 17.5. The van der Waals surface area contributed by atoms with Gasteiger partial charge in [0, 0.05) is 169 Å². The number of hydrogen-bond acceptors (Lipinski definition) is 16. The number of hydrogen-bond donors (Lipinski definition) is 7. The summed E-state index contributed by atoms with van der Waals surface area (Å²) >= 11 is 2.83. The van der Waals surface area contributed by atoms with Crippen molar-refractivity contribution >= 4 is 118 Å². The van der Waals surface area contributed by atoms with E-state index in [1.165, 1.54) is 35.1 Å². The number of ether oxygens (including phenoxy) is 4. The van der Waals surface area contributed by atoms with E-state index >= 15 is 0 Å². The molecule has 0 spiro atoms. The van der Waals surface area contributed by atoms with E-state index in [0.29, 0.717) is 69.1 Å². The van der Waals surface area contributed by atoms with E-state index in [9.17, 15) is 33.6 Å². The van der Waals surface area contributed by atoms with E-state index in [-0.39, 0.29) is 119 Å². The molecule has 6 aliphatic heterocycles. The summed E-state index contributed by atoms with van der Waals surface area (Å²) in [6, 6.07) is 32.5. The molecule has 25 nitrogen and oxygen atoms in total. The molecule has 10 heterocycles. The van der Waals surface area contributed by atoms with Gasteiger partial charge in [0.2, 0.25) is 5.78 Å². The number of aromatic amines is 4. The van der Waals surface area contributed by atoms with Crippen LogP contribution in [0.15, 0.2) is 122 Å². The average Bonchev–Trinajstić information content (AvgIpc) is 1.61. The number of Topliss-reactive ketones (excluding diaryl/α,β-unsaturated/α-hetero) is 1. The number of benzene rings is 4. The predicted octanol–water partition coefficient (Wildman–Crippen LogP) is 11.1. The summed E-state index contributed by atoms with van der Waals surface area (Å²) in [5.74, 6) is -2.44. The van der Waals surface area contributed by atoms with Gasteiger partial charge in [0.15, 0.2) is 0 Å². The highest BCUT2D eigenvalue weighted by Gasteiger charge is 2.42. The highest BCUT2D eigenvalue weighted by molar-refractivity contribution is 9.09. The van der Waals surface area contributed by atoms with Crippen LogP contribution in [0.25, 0.3) is 60.3 Å². The van der Waals surface area contributed by atoms with E-state index < -0.39 is 23.7 Å². The molecule has 117 heavy (non-hydrogen) atoms. The summed E-state index contributed by atoms with van der Waals surface area (Å²) in [5, 5.41) is 11.1. The van der Waals surface area contributed by atoms with Crippen LogP contribution < -0.4 is 40.3 Å². The number of H-pyrrole nitrogens is 4. The number of nitrogens with two attached hydrogens (primary N) is 1. The van der Waals surface area contributed by atoms with Crippen molar-refractivity contribution < 1.29 is 81.0 Å². The zero-order valence-electron chi connectivity index (χ0n) is 68.9. The zero-order chi connectivity index (χ0) is 81.5. The highest BCUT2D eigenvalue weighted by Crippen LogP contribution is 2.44. The first kappa shape index (κ1) is 101. The maximum atomic E-state index is 13.5. The Bertz CT molecular complexity index is 4730. The molecule has 4 aromatic heterocycles. The Kier molecular flexibility index (Phi) is 38.0. The number of nitrogens with zero attached hydrogens (tertiary/aromatic N) is 7. The minimum absolute atomic E-state index is 0. The number of likely N-dealkylation sites (N-methyl/N-ethyl adjacent to an activating group) is 3. The number of rotatable bonds is 11. The molecule has 3 fully saturated rings. The second kappa shape index (κ2) is 44.3. The summed E-state index contributed by atoms with van der Waals surface area (Å²) in [6.07, 6.45) is 7.21. The number of esters is 4. The number of amides is 4. The molecule has 27 heteroatoms. The van der Waals surface area contributed by atoms with Gasteiger partial charge in [-0.15, -0.1) is 0 Å². The van der Waals surface area contributed by atoms with E-state index in [2.05, 4.69) is 187 Å². The van der Waals surface area contributed by atoms with Gasteiger partial charge >= 0.3 is 35.9 Å². The van der Waals surface area contributed by atoms with E-state index in [4.69, 9.17) is 19.9 Å². The van der Waals surface area contributed by atoms with Crippen LogP contribution in [0.1, 0.15) is 152 Å². The molecule has 14 rings (SSSR count). The number of piperazine rings is 3. The van der Waals surface area contributed by atoms with E-state index in [1.807, 2.05) is 77.4 Å². The zero-order valence-corrected chi connectivity index (χ0v) is 72.6. The lowest BCUT2D eigenvalue weighted by molar-refractivity contribution is -0.894. The number of halogens is 2. The first-order valence-electron chi connectivity index (χ1n) is 39.0. The molecule has 3 saturated heterocycles. The van der Waals surface area contributed by atoms with Crippen LogP contribution in [0.2, 0.25) is 0 Å². The molecular weight excluding hydrogens is 1660 g/mol.